The summed E-state index contributed by atoms with van der Waals surface area (Å²) < 4.78 is 33.7. The summed E-state index contributed by atoms with van der Waals surface area (Å²) in [5, 5.41) is 3.28. The van der Waals surface area contributed by atoms with Crippen molar-refractivity contribution in [3.05, 3.63) is 77.6 Å². The normalized spacial score (nSPS) is 10.5. The van der Waals surface area contributed by atoms with E-state index in [1.54, 1.807) is 36.1 Å². The lowest BCUT2D eigenvalue weighted by molar-refractivity contribution is -0.113. The second-order valence-electron chi connectivity index (χ2n) is 6.33. The van der Waals surface area contributed by atoms with E-state index in [4.69, 9.17) is 4.74 Å². The number of para-hydroxylation sites is 1. The molecule has 1 N–H and O–H groups in total. The lowest BCUT2D eigenvalue weighted by atomic mass is 10.1. The van der Waals surface area contributed by atoms with Gasteiger partial charge in [0.15, 0.2) is 11.8 Å². The van der Waals surface area contributed by atoms with Gasteiger partial charge in [0, 0.05) is 19.4 Å². The van der Waals surface area contributed by atoms with Crippen molar-refractivity contribution in [2.24, 2.45) is 7.05 Å². The van der Waals surface area contributed by atoms with Crippen molar-refractivity contribution < 1.29 is 27.9 Å². The Labute approximate surface area is 180 Å². The predicted molar refractivity (Wildman–Crippen MR) is 110 cm³/mol. The number of aromatic nitrogens is 2. The molecule has 1 amide bonds. The molecule has 0 spiro atoms. The number of anilines is 1. The lowest BCUT2D eigenvalue weighted by Gasteiger charge is -2.11. The lowest BCUT2D eigenvalue weighted by Crippen LogP contribution is -2.19. The topological polar surface area (TPSA) is 90.3 Å². The minimum Gasteiger partial charge on any atom is -0.454 e. The fraction of sp³-hybridized carbons (Fsp3) is 0.143. The number of nitrogens with one attached hydrogen (secondary N) is 1. The molecule has 0 unspecified atom stereocenters. The maximum Gasteiger partial charge on any atom is 0.340 e. The maximum atomic E-state index is 13.7. The molecule has 0 aliphatic rings. The first-order valence-corrected chi connectivity index (χ1v) is 9.98. The number of carbonyl (C=O) groups is 3. The molecular formula is C21H17F2N3O4S. The van der Waals surface area contributed by atoms with E-state index in [0.29, 0.717) is 5.16 Å². The van der Waals surface area contributed by atoms with Crippen molar-refractivity contribution in [3.8, 4) is 0 Å². The number of imidazole rings is 1. The number of hydrogen-bond acceptors (Lipinski definition) is 6. The molecule has 31 heavy (non-hydrogen) atoms. The van der Waals surface area contributed by atoms with Crippen LogP contribution in [-0.4, -0.2) is 39.6 Å². The highest BCUT2D eigenvalue weighted by Gasteiger charge is 2.19. The van der Waals surface area contributed by atoms with Crippen molar-refractivity contribution in [1.82, 2.24) is 9.55 Å². The van der Waals surface area contributed by atoms with E-state index in [0.717, 1.165) is 18.2 Å². The first-order chi connectivity index (χ1) is 14.8. The highest BCUT2D eigenvalue weighted by atomic mass is 32.2. The van der Waals surface area contributed by atoms with Crippen molar-refractivity contribution >= 4 is 35.1 Å². The van der Waals surface area contributed by atoms with Gasteiger partial charge in [-0.2, -0.15) is 0 Å². The number of ketones is 1. The molecule has 0 bridgehead atoms. The molecule has 10 heteroatoms. The molecule has 1 heterocycles. The molecule has 2 aromatic carbocycles. The van der Waals surface area contributed by atoms with Crippen molar-refractivity contribution in [2.45, 2.75) is 5.16 Å². The Morgan fingerprint density at radius 2 is 1.90 bits per heavy atom. The van der Waals surface area contributed by atoms with E-state index < -0.39 is 35.6 Å². The van der Waals surface area contributed by atoms with Gasteiger partial charge >= 0.3 is 5.97 Å². The third kappa shape index (κ3) is 5.76. The van der Waals surface area contributed by atoms with Crippen LogP contribution in [0, 0.1) is 11.6 Å². The van der Waals surface area contributed by atoms with E-state index in [1.807, 2.05) is 0 Å². The van der Waals surface area contributed by atoms with Crippen molar-refractivity contribution in [3.63, 3.8) is 0 Å². The number of Topliss-reactive ketones (excluding diaryl/α,β-unsaturated/α-hetero) is 1. The molecule has 0 aliphatic carbocycles. The van der Waals surface area contributed by atoms with Crippen LogP contribution in [0.5, 0.6) is 0 Å². The Morgan fingerprint density at radius 1 is 1.13 bits per heavy atom. The molecule has 160 valence electrons. The number of esters is 1. The monoisotopic (exact) mass is 445 g/mol. The molecule has 0 saturated heterocycles. The first-order valence-electron chi connectivity index (χ1n) is 8.99. The Bertz CT molecular complexity index is 1130. The van der Waals surface area contributed by atoms with Gasteiger partial charge in [-0.1, -0.05) is 23.9 Å². The van der Waals surface area contributed by atoms with Crippen LogP contribution in [0.3, 0.4) is 0 Å². The average Bonchev–Trinajstić information content (AvgIpc) is 3.17. The molecular weight excluding hydrogens is 428 g/mol. The minimum atomic E-state index is -0.916. The number of halogens is 2. The quantitative estimate of drug-likeness (QED) is 0.324. The Hall–Kier alpha value is -3.53. The standard InChI is InChI=1S/C21H17F2N3O4S/c1-26-9-8-24-21(26)31-12-19(28)25-17-5-3-2-4-14(17)20(29)30-11-18(27)15-10-13(22)6-7-16(15)23/h2-10H,11-12H2,1H3,(H,25,28). The van der Waals surface area contributed by atoms with E-state index >= 15 is 0 Å². The van der Waals surface area contributed by atoms with Gasteiger partial charge in [0.2, 0.25) is 11.7 Å². The zero-order chi connectivity index (χ0) is 22.4. The van der Waals surface area contributed by atoms with Crippen LogP contribution in [0.4, 0.5) is 14.5 Å². The second kappa shape index (κ2) is 9.98. The van der Waals surface area contributed by atoms with Gasteiger partial charge in [0.25, 0.3) is 0 Å². The largest absolute Gasteiger partial charge is 0.454 e. The molecule has 1 aromatic heterocycles. The summed E-state index contributed by atoms with van der Waals surface area (Å²) in [5.41, 5.74) is -0.298. The van der Waals surface area contributed by atoms with Crippen LogP contribution in [0.15, 0.2) is 60.0 Å². The Balaban J connectivity index is 1.61. The van der Waals surface area contributed by atoms with Gasteiger partial charge in [0.1, 0.15) is 11.6 Å². The van der Waals surface area contributed by atoms with Crippen LogP contribution in [0.25, 0.3) is 0 Å². The highest BCUT2D eigenvalue weighted by molar-refractivity contribution is 7.99. The van der Waals surface area contributed by atoms with E-state index in [1.165, 1.54) is 23.9 Å². The van der Waals surface area contributed by atoms with Gasteiger partial charge in [0.05, 0.1) is 22.6 Å². The summed E-state index contributed by atoms with van der Waals surface area (Å²) in [6.07, 6.45) is 3.37. The number of carbonyl (C=O) groups excluding carboxylic acids is 3. The third-order valence-electron chi connectivity index (χ3n) is 4.09. The van der Waals surface area contributed by atoms with Gasteiger partial charge < -0.3 is 14.6 Å². The number of ether oxygens (including phenoxy) is 1. The zero-order valence-corrected chi connectivity index (χ0v) is 17.1. The van der Waals surface area contributed by atoms with Crippen LogP contribution in [0.1, 0.15) is 20.7 Å². The maximum absolute atomic E-state index is 13.7. The van der Waals surface area contributed by atoms with Crippen molar-refractivity contribution in [2.75, 3.05) is 17.7 Å². The van der Waals surface area contributed by atoms with Crippen LogP contribution in [-0.2, 0) is 16.6 Å². The van der Waals surface area contributed by atoms with Gasteiger partial charge in [-0.25, -0.2) is 18.6 Å². The van der Waals surface area contributed by atoms with Crippen molar-refractivity contribution in [1.29, 1.82) is 0 Å². The summed E-state index contributed by atoms with van der Waals surface area (Å²) in [4.78, 5) is 40.9. The number of rotatable bonds is 8. The molecule has 0 radical (unpaired) electrons. The molecule has 7 nitrogen and oxygen atoms in total. The molecule has 0 saturated carbocycles. The SMILES string of the molecule is Cn1ccnc1SCC(=O)Nc1ccccc1C(=O)OCC(=O)c1cc(F)ccc1F. The predicted octanol–water partition coefficient (Wildman–Crippen LogP) is 3.47. The average molecular weight is 445 g/mol. The number of amides is 1. The number of benzene rings is 2. The van der Waals surface area contributed by atoms with Crippen LogP contribution >= 0.6 is 11.8 Å². The smallest absolute Gasteiger partial charge is 0.340 e. The van der Waals surface area contributed by atoms with Gasteiger partial charge in [-0.3, -0.25) is 9.59 Å². The fourth-order valence-corrected chi connectivity index (χ4v) is 3.31. The summed E-state index contributed by atoms with van der Waals surface area (Å²) in [7, 11) is 1.80. The zero-order valence-electron chi connectivity index (χ0n) is 16.3. The number of nitrogens with zero attached hydrogens (tertiary/aromatic N) is 2. The van der Waals surface area contributed by atoms with E-state index in [9.17, 15) is 23.2 Å². The van der Waals surface area contributed by atoms with E-state index in [2.05, 4.69) is 10.3 Å². The second-order valence-corrected chi connectivity index (χ2v) is 7.27. The van der Waals surface area contributed by atoms with Gasteiger partial charge in [-0.15, -0.1) is 0 Å². The summed E-state index contributed by atoms with van der Waals surface area (Å²) >= 11 is 1.22. The Kier molecular flexibility index (Phi) is 7.14. The molecule has 3 aromatic rings. The molecule has 3 rings (SSSR count). The summed E-state index contributed by atoms with van der Waals surface area (Å²) in [6, 6.07) is 8.53. The number of thioether (sulfide) groups is 1. The van der Waals surface area contributed by atoms with Crippen LogP contribution < -0.4 is 5.32 Å². The fourth-order valence-electron chi connectivity index (χ4n) is 2.58. The summed E-state index contributed by atoms with van der Waals surface area (Å²) in [5.74, 6) is -3.79. The highest BCUT2D eigenvalue weighted by Crippen LogP contribution is 2.19. The first kappa shape index (κ1) is 22.2. The number of hydrogen-bond donors (Lipinski definition) is 1. The Morgan fingerprint density at radius 3 is 2.65 bits per heavy atom. The number of aryl methyl sites for hydroxylation is 1. The molecule has 0 fully saturated rings. The van der Waals surface area contributed by atoms with E-state index in [-0.39, 0.29) is 22.9 Å². The molecule has 0 atom stereocenters. The van der Waals surface area contributed by atoms with Gasteiger partial charge in [-0.05, 0) is 30.3 Å². The third-order valence-corrected chi connectivity index (χ3v) is 5.15. The summed E-state index contributed by atoms with van der Waals surface area (Å²) in [6.45, 7) is -0.781. The minimum absolute atomic E-state index is 0.0188. The van der Waals surface area contributed by atoms with Crippen LogP contribution in [0.2, 0.25) is 0 Å². The molecule has 0 aliphatic heterocycles.